The third kappa shape index (κ3) is 8.86. The molecule has 0 aromatic rings. The molecule has 2 rings (SSSR count). The van der Waals surface area contributed by atoms with Crippen LogP contribution >= 0.6 is 29.5 Å². The first kappa shape index (κ1) is 26.8. The molecular formula is C16H36O8P4. The lowest BCUT2D eigenvalue weighted by molar-refractivity contribution is 0.316. The summed E-state index contributed by atoms with van der Waals surface area (Å²) in [6.07, 6.45) is 3.59. The molecule has 0 spiro atoms. The molecule has 12 heteroatoms. The first-order chi connectivity index (χ1) is 13.1. The Morgan fingerprint density at radius 1 is 0.500 bits per heavy atom. The zero-order valence-electron chi connectivity index (χ0n) is 17.5. The third-order valence-electron chi connectivity index (χ3n) is 4.31. The lowest BCUT2D eigenvalue weighted by Gasteiger charge is -2.28. The minimum atomic E-state index is -2.65. The zero-order valence-corrected chi connectivity index (χ0v) is 21.1. The van der Waals surface area contributed by atoms with Crippen LogP contribution in [0, 0.1) is 0 Å². The summed E-state index contributed by atoms with van der Waals surface area (Å²) in [5.74, 6) is 0.281. The molecule has 0 aliphatic carbocycles. The second kappa shape index (κ2) is 12.0. The van der Waals surface area contributed by atoms with E-state index in [9.17, 15) is 18.3 Å². The first-order valence-electron chi connectivity index (χ1n) is 9.97. The smallest absolute Gasteiger partial charge is 0.212 e. The molecule has 0 aromatic heterocycles. The molecule has 2 aliphatic rings. The quantitative estimate of drug-likeness (QED) is 0.392. The summed E-state index contributed by atoms with van der Waals surface area (Å²) in [5.41, 5.74) is 0. The minimum absolute atomic E-state index is 0.141. The molecule has 0 aromatic carbocycles. The van der Waals surface area contributed by atoms with Crippen LogP contribution in [0.2, 0.25) is 0 Å². The normalized spacial score (nSPS) is 38.4. The summed E-state index contributed by atoms with van der Waals surface area (Å²) in [6.45, 7) is 8.90. The molecule has 28 heavy (non-hydrogen) atoms. The predicted molar refractivity (Wildman–Crippen MR) is 115 cm³/mol. The van der Waals surface area contributed by atoms with Crippen molar-refractivity contribution in [3.63, 3.8) is 0 Å². The van der Waals surface area contributed by atoms with Crippen molar-refractivity contribution in [2.45, 2.75) is 40.5 Å². The van der Waals surface area contributed by atoms with Crippen molar-refractivity contribution in [3.05, 3.63) is 0 Å². The molecule has 8 nitrogen and oxygen atoms in total. The summed E-state index contributed by atoms with van der Waals surface area (Å²) in [5, 5.41) is 0. The van der Waals surface area contributed by atoms with Gasteiger partial charge < -0.3 is 18.1 Å². The van der Waals surface area contributed by atoms with Crippen LogP contribution < -0.4 is 0 Å². The summed E-state index contributed by atoms with van der Waals surface area (Å²) in [6, 6.07) is 0. The molecule has 0 unspecified atom stereocenters. The Labute approximate surface area is 169 Å². The summed E-state index contributed by atoms with van der Waals surface area (Å²) < 4.78 is 69.1. The topological polar surface area (TPSA) is 105 Å². The van der Waals surface area contributed by atoms with Crippen molar-refractivity contribution in [3.8, 4) is 0 Å². The third-order valence-corrected chi connectivity index (χ3v) is 18.1. The lowest BCUT2D eigenvalue weighted by Crippen LogP contribution is -2.12. The van der Waals surface area contributed by atoms with Crippen LogP contribution in [0.5, 0.6) is 0 Å². The van der Waals surface area contributed by atoms with Crippen LogP contribution in [0.1, 0.15) is 40.5 Å². The minimum Gasteiger partial charge on any atom is -0.328 e. The van der Waals surface area contributed by atoms with E-state index in [1.807, 2.05) is 0 Å². The molecule has 4 atom stereocenters. The van der Waals surface area contributed by atoms with Gasteiger partial charge in [0.25, 0.3) is 0 Å². The van der Waals surface area contributed by atoms with E-state index in [2.05, 4.69) is 0 Å². The van der Waals surface area contributed by atoms with E-state index >= 15 is 0 Å². The van der Waals surface area contributed by atoms with Gasteiger partial charge in [-0.25, -0.2) is 0 Å². The molecule has 2 heterocycles. The Morgan fingerprint density at radius 3 is 0.893 bits per heavy atom. The molecular weight excluding hydrogens is 444 g/mol. The zero-order chi connectivity index (χ0) is 21.3. The number of rotatable bonds is 8. The Hall–Kier alpha value is 0.760. The van der Waals surface area contributed by atoms with Gasteiger partial charge in [0.05, 0.1) is 26.4 Å². The second-order valence-electron chi connectivity index (χ2n) is 6.81. The van der Waals surface area contributed by atoms with Crippen molar-refractivity contribution in [2.24, 2.45) is 0 Å². The molecule has 2 aliphatic heterocycles. The Morgan fingerprint density at radius 2 is 0.714 bits per heavy atom. The number of hydrogen-bond acceptors (Lipinski definition) is 8. The van der Waals surface area contributed by atoms with Gasteiger partial charge in [0.2, 0.25) is 29.5 Å². The van der Waals surface area contributed by atoms with Gasteiger partial charge in [0, 0.05) is 24.6 Å². The fourth-order valence-electron chi connectivity index (χ4n) is 3.41. The highest BCUT2D eigenvalue weighted by molar-refractivity contribution is 7.77. The molecule has 0 radical (unpaired) electrons. The molecule has 0 bridgehead atoms. The molecule has 0 N–H and O–H groups in total. The molecule has 0 saturated carbocycles. The maximum atomic E-state index is 12.0. The second-order valence-corrected chi connectivity index (χ2v) is 18.4. The Kier molecular flexibility index (Phi) is 11.5. The highest BCUT2D eigenvalue weighted by Crippen LogP contribution is 2.67. The van der Waals surface area contributed by atoms with Crippen molar-refractivity contribution >= 4 is 29.5 Å². The maximum Gasteiger partial charge on any atom is 0.212 e. The molecule has 2 saturated heterocycles. The molecule has 168 valence electrons. The average Bonchev–Trinajstić information content (AvgIpc) is 2.54. The van der Waals surface area contributed by atoms with E-state index < -0.39 is 29.5 Å². The van der Waals surface area contributed by atoms with Gasteiger partial charge >= 0.3 is 0 Å². The lowest BCUT2D eigenvalue weighted by atomic mass is 10.6. The summed E-state index contributed by atoms with van der Waals surface area (Å²) in [7, 11) is -10.6. The first-order valence-corrected chi connectivity index (χ1v) is 18.0. The van der Waals surface area contributed by atoms with Gasteiger partial charge in [-0.05, 0) is 40.5 Å². The number of hydrogen-bond donors (Lipinski definition) is 0. The predicted octanol–water partition coefficient (Wildman–Crippen LogP) is 5.95. The summed E-state index contributed by atoms with van der Waals surface area (Å²) in [4.78, 5) is 0. The Balaban J connectivity index is 0.000000280. The van der Waals surface area contributed by atoms with Gasteiger partial charge in [0.15, 0.2) is 0 Å². The fraction of sp³-hybridized carbons (Fsp3) is 1.00. The van der Waals surface area contributed by atoms with Gasteiger partial charge in [-0.2, -0.15) is 0 Å². The summed E-state index contributed by atoms with van der Waals surface area (Å²) >= 11 is 0. The largest absolute Gasteiger partial charge is 0.328 e. The van der Waals surface area contributed by atoms with Crippen molar-refractivity contribution < 1.29 is 36.4 Å². The van der Waals surface area contributed by atoms with E-state index in [1.54, 1.807) is 27.7 Å². The van der Waals surface area contributed by atoms with Gasteiger partial charge in [0.1, 0.15) is 11.8 Å². The van der Waals surface area contributed by atoms with Crippen LogP contribution in [-0.4, -0.2) is 62.9 Å². The molecule has 0 amide bonds. The van der Waals surface area contributed by atoms with Gasteiger partial charge in [-0.1, -0.05) is 0 Å². The Bertz CT molecular complexity index is 533. The highest BCUT2D eigenvalue weighted by atomic mass is 31.2. The van der Waals surface area contributed by atoms with E-state index in [0.29, 0.717) is 63.9 Å². The average molecular weight is 480 g/mol. The van der Waals surface area contributed by atoms with Crippen LogP contribution in [0.3, 0.4) is 0 Å². The monoisotopic (exact) mass is 480 g/mol. The van der Waals surface area contributed by atoms with Crippen LogP contribution in [0.15, 0.2) is 0 Å². The maximum absolute atomic E-state index is 12.0. The van der Waals surface area contributed by atoms with Gasteiger partial charge in [-0.15, -0.1) is 0 Å². The van der Waals surface area contributed by atoms with E-state index in [-0.39, 0.29) is 11.8 Å². The fourth-order valence-corrected chi connectivity index (χ4v) is 17.7. The van der Waals surface area contributed by atoms with Crippen molar-refractivity contribution in [1.29, 1.82) is 0 Å². The standard InChI is InChI=1S/2C8H18O4P2/c2*1-3-11-13(9)6-5-7-14(10,8-13)12-4-2/h2*3-8H2,1-2H3/t2*13-,14-/m10/s1. The van der Waals surface area contributed by atoms with E-state index in [1.165, 1.54) is 0 Å². The van der Waals surface area contributed by atoms with Crippen LogP contribution in [-0.2, 0) is 36.4 Å². The van der Waals surface area contributed by atoms with Gasteiger partial charge in [-0.3, -0.25) is 18.3 Å². The van der Waals surface area contributed by atoms with Crippen LogP contribution in [0.4, 0.5) is 0 Å². The molecule has 2 fully saturated rings. The van der Waals surface area contributed by atoms with E-state index in [4.69, 9.17) is 18.1 Å². The van der Waals surface area contributed by atoms with E-state index in [0.717, 1.165) is 0 Å². The van der Waals surface area contributed by atoms with Crippen molar-refractivity contribution in [1.82, 2.24) is 0 Å². The SMILES string of the molecule is CCO[P@@]1(=O)CCC[P@](=O)(OCC)C1.CCO[P@]1(=O)CCC[P@@](=O)(OCC)C1. The highest BCUT2D eigenvalue weighted by Gasteiger charge is 2.40. The van der Waals surface area contributed by atoms with Crippen molar-refractivity contribution in [2.75, 3.05) is 62.9 Å². The van der Waals surface area contributed by atoms with Crippen LogP contribution in [0.25, 0.3) is 0 Å².